The van der Waals surface area contributed by atoms with E-state index < -0.39 is 6.09 Å². The van der Waals surface area contributed by atoms with Gasteiger partial charge in [0.1, 0.15) is 5.75 Å². The van der Waals surface area contributed by atoms with Crippen LogP contribution in [0.3, 0.4) is 0 Å². The quantitative estimate of drug-likeness (QED) is 0.623. The highest BCUT2D eigenvalue weighted by atomic mass is 16.7. The number of ether oxygens (including phenoxy) is 2. The molecule has 5 heteroatoms. The summed E-state index contributed by atoms with van der Waals surface area (Å²) in [5.74, 6) is 0.812. The zero-order valence-electron chi connectivity index (χ0n) is 10.5. The van der Waals surface area contributed by atoms with E-state index in [1.807, 2.05) is 30.3 Å². The van der Waals surface area contributed by atoms with Gasteiger partial charge in [-0.3, -0.25) is 4.84 Å². The first-order valence-corrected chi connectivity index (χ1v) is 5.61. The molecule has 0 unspecified atom stereocenters. The number of rotatable bonds is 6. The van der Waals surface area contributed by atoms with Crippen molar-refractivity contribution in [2.45, 2.75) is 6.92 Å². The molecule has 0 fully saturated rings. The van der Waals surface area contributed by atoms with E-state index >= 15 is 0 Å². The molecule has 1 amide bonds. The second kappa shape index (κ2) is 8.14. The van der Waals surface area contributed by atoms with Gasteiger partial charge < -0.3 is 9.47 Å². The van der Waals surface area contributed by atoms with Crippen LogP contribution in [0.1, 0.15) is 12.5 Å². The molecule has 0 saturated carbocycles. The average Bonchev–Trinajstić information content (AvgIpc) is 2.39. The Morgan fingerprint density at radius 2 is 2.06 bits per heavy atom. The topological polar surface area (TPSA) is 56.8 Å². The van der Waals surface area contributed by atoms with E-state index in [1.54, 1.807) is 20.1 Å². The third-order valence-corrected chi connectivity index (χ3v) is 2.04. The van der Waals surface area contributed by atoms with Crippen molar-refractivity contribution < 1.29 is 19.1 Å². The van der Waals surface area contributed by atoms with Crippen LogP contribution < -0.4 is 10.2 Å². The molecule has 1 aromatic carbocycles. The summed E-state index contributed by atoms with van der Waals surface area (Å²) in [4.78, 5) is 15.7. The van der Waals surface area contributed by atoms with E-state index in [0.717, 1.165) is 11.3 Å². The molecule has 18 heavy (non-hydrogen) atoms. The van der Waals surface area contributed by atoms with Gasteiger partial charge in [0.15, 0.2) is 0 Å². The molecule has 1 aromatic rings. The maximum atomic E-state index is 10.9. The molecule has 0 bridgehead atoms. The number of carbonyl (C=O) groups excluding carboxylic acids is 1. The van der Waals surface area contributed by atoms with Gasteiger partial charge >= 0.3 is 6.09 Å². The number of amides is 1. The number of carbonyl (C=O) groups is 1. The molecule has 0 aliphatic rings. The second-order valence-corrected chi connectivity index (χ2v) is 3.31. The summed E-state index contributed by atoms with van der Waals surface area (Å²) in [7, 11) is 1.62. The minimum atomic E-state index is -0.588. The van der Waals surface area contributed by atoms with Crippen LogP contribution in [0.2, 0.25) is 0 Å². The fourth-order valence-electron chi connectivity index (χ4n) is 1.21. The van der Waals surface area contributed by atoms with Crippen molar-refractivity contribution in [3.05, 3.63) is 35.9 Å². The summed E-state index contributed by atoms with van der Waals surface area (Å²) < 4.78 is 9.67. The Morgan fingerprint density at radius 3 is 2.67 bits per heavy atom. The highest BCUT2D eigenvalue weighted by Gasteiger charge is 1.96. The lowest BCUT2D eigenvalue weighted by Crippen LogP contribution is -2.24. The molecule has 0 radical (unpaired) electrons. The molecule has 0 atom stereocenters. The summed E-state index contributed by atoms with van der Waals surface area (Å²) in [5, 5.41) is 0. The lowest BCUT2D eigenvalue weighted by atomic mass is 10.2. The normalized spacial score (nSPS) is 10.3. The number of methoxy groups -OCH3 is 1. The van der Waals surface area contributed by atoms with Gasteiger partial charge in [0.25, 0.3) is 0 Å². The van der Waals surface area contributed by atoms with Gasteiger partial charge in [0, 0.05) is 0 Å². The van der Waals surface area contributed by atoms with Gasteiger partial charge in [-0.2, -0.15) is 5.48 Å². The van der Waals surface area contributed by atoms with Crippen LogP contribution in [-0.2, 0) is 9.57 Å². The Balaban J connectivity index is 2.25. The maximum absolute atomic E-state index is 10.9. The fourth-order valence-corrected chi connectivity index (χ4v) is 1.21. The van der Waals surface area contributed by atoms with Gasteiger partial charge in [-0.15, -0.1) is 0 Å². The predicted molar refractivity (Wildman–Crippen MR) is 68.1 cm³/mol. The standard InChI is InChI=1S/C13H17NO4/c1-3-17-13(15)14-18-10-4-5-11-6-8-12(16-2)9-7-11/h4-9H,3,10H2,1-2H3,(H,14,15)/b5-4+. The van der Waals surface area contributed by atoms with Gasteiger partial charge in [0.2, 0.25) is 0 Å². The predicted octanol–water partition coefficient (Wildman–Crippen LogP) is 2.39. The fraction of sp³-hybridized carbons (Fsp3) is 0.308. The highest BCUT2D eigenvalue weighted by molar-refractivity contribution is 5.65. The van der Waals surface area contributed by atoms with Gasteiger partial charge in [0.05, 0.1) is 20.3 Å². The van der Waals surface area contributed by atoms with Crippen LogP contribution in [0.5, 0.6) is 5.75 Å². The highest BCUT2D eigenvalue weighted by Crippen LogP contribution is 2.11. The van der Waals surface area contributed by atoms with Gasteiger partial charge in [-0.05, 0) is 24.6 Å². The first kappa shape index (κ1) is 14.1. The Labute approximate surface area is 106 Å². The molecule has 98 valence electrons. The lowest BCUT2D eigenvalue weighted by Gasteiger charge is -2.03. The molecule has 0 saturated heterocycles. The molecule has 1 rings (SSSR count). The summed E-state index contributed by atoms with van der Waals surface area (Å²) in [6.45, 7) is 2.31. The van der Waals surface area contributed by atoms with Crippen molar-refractivity contribution in [2.75, 3.05) is 20.3 Å². The zero-order valence-corrected chi connectivity index (χ0v) is 10.5. The van der Waals surface area contributed by atoms with Crippen molar-refractivity contribution in [1.29, 1.82) is 0 Å². The van der Waals surface area contributed by atoms with E-state index in [2.05, 4.69) is 10.2 Å². The van der Waals surface area contributed by atoms with Crippen molar-refractivity contribution in [3.8, 4) is 5.75 Å². The number of hydroxylamine groups is 1. The molecule has 0 aromatic heterocycles. The van der Waals surface area contributed by atoms with Crippen molar-refractivity contribution in [1.82, 2.24) is 5.48 Å². The zero-order chi connectivity index (χ0) is 13.2. The minimum absolute atomic E-state index is 0.269. The number of hydrogen-bond donors (Lipinski definition) is 1. The minimum Gasteiger partial charge on any atom is -0.497 e. The first-order chi connectivity index (χ1) is 8.76. The molecular formula is C13H17NO4. The van der Waals surface area contributed by atoms with Gasteiger partial charge in [-0.1, -0.05) is 24.3 Å². The Kier molecular flexibility index (Phi) is 6.35. The molecule has 0 spiro atoms. The van der Waals surface area contributed by atoms with Crippen molar-refractivity contribution >= 4 is 12.2 Å². The maximum Gasteiger partial charge on any atom is 0.431 e. The molecule has 0 heterocycles. The molecule has 0 aliphatic heterocycles. The molecule has 5 nitrogen and oxygen atoms in total. The number of hydrogen-bond acceptors (Lipinski definition) is 4. The third-order valence-electron chi connectivity index (χ3n) is 2.04. The summed E-state index contributed by atoms with van der Waals surface area (Å²) in [5.41, 5.74) is 3.18. The molecule has 0 aliphatic carbocycles. The lowest BCUT2D eigenvalue weighted by molar-refractivity contribution is 0.0440. The Morgan fingerprint density at radius 1 is 1.33 bits per heavy atom. The summed E-state index contributed by atoms with van der Waals surface area (Å²) in [6.07, 6.45) is 3.08. The van der Waals surface area contributed by atoms with Crippen LogP contribution in [-0.4, -0.2) is 26.4 Å². The van der Waals surface area contributed by atoms with Crippen LogP contribution in [0.25, 0.3) is 6.08 Å². The van der Waals surface area contributed by atoms with Crippen LogP contribution in [0.15, 0.2) is 30.3 Å². The Bertz CT molecular complexity index is 386. The van der Waals surface area contributed by atoms with E-state index in [9.17, 15) is 4.79 Å². The van der Waals surface area contributed by atoms with Crippen LogP contribution in [0.4, 0.5) is 4.79 Å². The molecule has 1 N–H and O–H groups in total. The smallest absolute Gasteiger partial charge is 0.431 e. The summed E-state index contributed by atoms with van der Waals surface area (Å²) >= 11 is 0. The largest absolute Gasteiger partial charge is 0.497 e. The Hall–Kier alpha value is -2.01. The average molecular weight is 251 g/mol. The van der Waals surface area contributed by atoms with Crippen molar-refractivity contribution in [3.63, 3.8) is 0 Å². The SMILES string of the molecule is CCOC(=O)NOC/C=C/c1ccc(OC)cc1. The third kappa shape index (κ3) is 5.36. The van der Waals surface area contributed by atoms with Crippen LogP contribution >= 0.6 is 0 Å². The monoisotopic (exact) mass is 251 g/mol. The van der Waals surface area contributed by atoms with Crippen molar-refractivity contribution in [2.24, 2.45) is 0 Å². The second-order valence-electron chi connectivity index (χ2n) is 3.31. The van der Waals surface area contributed by atoms with E-state index in [0.29, 0.717) is 6.61 Å². The molecular weight excluding hydrogens is 234 g/mol. The van der Waals surface area contributed by atoms with Gasteiger partial charge in [-0.25, -0.2) is 4.79 Å². The first-order valence-electron chi connectivity index (χ1n) is 5.61. The van der Waals surface area contributed by atoms with E-state index in [4.69, 9.17) is 9.57 Å². The van der Waals surface area contributed by atoms with Crippen LogP contribution in [0, 0.1) is 0 Å². The van der Waals surface area contributed by atoms with E-state index in [1.165, 1.54) is 0 Å². The number of benzene rings is 1. The summed E-state index contributed by atoms with van der Waals surface area (Å²) in [6, 6.07) is 7.59. The van der Waals surface area contributed by atoms with E-state index in [-0.39, 0.29) is 6.61 Å². The number of nitrogens with one attached hydrogen (secondary N) is 1.